The molecule has 2 saturated heterocycles. The van der Waals surface area contributed by atoms with Crippen molar-refractivity contribution in [1.82, 2.24) is 10.6 Å². The molecule has 2 unspecified atom stereocenters. The molecule has 18 heavy (non-hydrogen) atoms. The van der Waals surface area contributed by atoms with Crippen molar-refractivity contribution in [2.45, 2.75) is 12.5 Å². The highest BCUT2D eigenvalue weighted by Gasteiger charge is 2.17. The van der Waals surface area contributed by atoms with Crippen LogP contribution >= 0.6 is 0 Å². The smallest absolute Gasteiger partial charge is 0.191 e. The van der Waals surface area contributed by atoms with Gasteiger partial charge in [0, 0.05) is 32.7 Å². The van der Waals surface area contributed by atoms with E-state index in [9.17, 15) is 0 Å². The Balaban J connectivity index is 1.62. The second-order valence-corrected chi connectivity index (χ2v) is 4.63. The number of hydrogen-bond acceptors (Lipinski definition) is 4. The molecule has 0 spiro atoms. The van der Waals surface area contributed by atoms with Crippen LogP contribution in [0.25, 0.3) is 0 Å². The van der Waals surface area contributed by atoms with E-state index in [4.69, 9.17) is 14.2 Å². The van der Waals surface area contributed by atoms with E-state index in [-0.39, 0.29) is 6.10 Å². The summed E-state index contributed by atoms with van der Waals surface area (Å²) >= 11 is 0. The summed E-state index contributed by atoms with van der Waals surface area (Å²) in [7, 11) is 1.78. The van der Waals surface area contributed by atoms with Crippen molar-refractivity contribution in [2.24, 2.45) is 10.9 Å². The lowest BCUT2D eigenvalue weighted by Crippen LogP contribution is -2.45. The van der Waals surface area contributed by atoms with Gasteiger partial charge in [-0.25, -0.2) is 0 Å². The minimum Gasteiger partial charge on any atom is -0.381 e. The van der Waals surface area contributed by atoms with Gasteiger partial charge in [-0.3, -0.25) is 4.99 Å². The molecule has 2 fully saturated rings. The molecule has 0 aliphatic carbocycles. The average Bonchev–Trinajstić information content (AvgIpc) is 2.93. The molecule has 6 heteroatoms. The second kappa shape index (κ2) is 7.56. The van der Waals surface area contributed by atoms with Gasteiger partial charge in [-0.1, -0.05) is 0 Å². The van der Waals surface area contributed by atoms with Gasteiger partial charge in [0.1, 0.15) is 0 Å². The molecule has 2 N–H and O–H groups in total. The largest absolute Gasteiger partial charge is 0.381 e. The predicted molar refractivity (Wildman–Crippen MR) is 68.8 cm³/mol. The molecule has 0 bridgehead atoms. The van der Waals surface area contributed by atoms with Crippen molar-refractivity contribution < 1.29 is 14.2 Å². The summed E-state index contributed by atoms with van der Waals surface area (Å²) < 4.78 is 16.2. The Morgan fingerprint density at radius 1 is 1.11 bits per heavy atom. The SMILES string of the molecule is CN=C(NCC1CCOC1)NCC1COCCO1. The van der Waals surface area contributed by atoms with E-state index < -0.39 is 0 Å². The fraction of sp³-hybridized carbons (Fsp3) is 0.917. The molecule has 2 rings (SSSR count). The van der Waals surface area contributed by atoms with Gasteiger partial charge >= 0.3 is 0 Å². The maximum Gasteiger partial charge on any atom is 0.191 e. The van der Waals surface area contributed by atoms with Crippen LogP contribution in [-0.4, -0.2) is 65.2 Å². The molecule has 0 amide bonds. The van der Waals surface area contributed by atoms with E-state index in [1.54, 1.807) is 7.05 Å². The van der Waals surface area contributed by atoms with Crippen LogP contribution in [-0.2, 0) is 14.2 Å². The maximum absolute atomic E-state index is 5.56. The van der Waals surface area contributed by atoms with Crippen molar-refractivity contribution in [1.29, 1.82) is 0 Å². The van der Waals surface area contributed by atoms with Gasteiger partial charge in [-0.05, 0) is 6.42 Å². The van der Waals surface area contributed by atoms with Crippen LogP contribution in [0, 0.1) is 5.92 Å². The average molecular weight is 257 g/mol. The first-order valence-corrected chi connectivity index (χ1v) is 6.60. The van der Waals surface area contributed by atoms with Gasteiger partial charge in [0.2, 0.25) is 0 Å². The van der Waals surface area contributed by atoms with Gasteiger partial charge in [0.05, 0.1) is 32.5 Å². The summed E-state index contributed by atoms with van der Waals surface area (Å²) in [4.78, 5) is 4.19. The number of hydrogen-bond donors (Lipinski definition) is 2. The summed E-state index contributed by atoms with van der Waals surface area (Å²) in [6, 6.07) is 0. The van der Waals surface area contributed by atoms with Crippen LogP contribution in [0.3, 0.4) is 0 Å². The second-order valence-electron chi connectivity index (χ2n) is 4.63. The molecule has 2 aliphatic heterocycles. The number of nitrogens with one attached hydrogen (secondary N) is 2. The summed E-state index contributed by atoms with van der Waals surface area (Å²) in [5, 5.41) is 6.57. The normalized spacial score (nSPS) is 29.3. The number of nitrogens with zero attached hydrogens (tertiary/aromatic N) is 1. The highest BCUT2D eigenvalue weighted by molar-refractivity contribution is 5.79. The standard InChI is InChI=1S/C12H23N3O3/c1-13-12(14-6-10-2-3-16-8-10)15-7-11-9-17-4-5-18-11/h10-11H,2-9H2,1H3,(H2,13,14,15). The van der Waals surface area contributed by atoms with E-state index in [1.807, 2.05) is 0 Å². The van der Waals surface area contributed by atoms with Crippen LogP contribution in [0.15, 0.2) is 4.99 Å². The first-order valence-electron chi connectivity index (χ1n) is 6.60. The van der Waals surface area contributed by atoms with Crippen LogP contribution < -0.4 is 10.6 Å². The van der Waals surface area contributed by atoms with Crippen LogP contribution in [0.4, 0.5) is 0 Å². The van der Waals surface area contributed by atoms with Crippen LogP contribution in [0.2, 0.25) is 0 Å². The molecule has 6 nitrogen and oxygen atoms in total. The fourth-order valence-corrected chi connectivity index (χ4v) is 2.07. The van der Waals surface area contributed by atoms with Crippen molar-refractivity contribution in [2.75, 3.05) is 53.2 Å². The number of aliphatic imine (C=N–C) groups is 1. The Labute approximate surface area is 108 Å². The zero-order valence-corrected chi connectivity index (χ0v) is 11.0. The van der Waals surface area contributed by atoms with E-state index in [0.29, 0.717) is 25.7 Å². The third-order valence-electron chi connectivity index (χ3n) is 3.19. The summed E-state index contributed by atoms with van der Waals surface area (Å²) in [5.74, 6) is 1.41. The van der Waals surface area contributed by atoms with Gasteiger partial charge < -0.3 is 24.8 Å². The molecule has 0 radical (unpaired) electrons. The van der Waals surface area contributed by atoms with Crippen molar-refractivity contribution in [3.8, 4) is 0 Å². The van der Waals surface area contributed by atoms with E-state index >= 15 is 0 Å². The summed E-state index contributed by atoms with van der Waals surface area (Å²) in [5.41, 5.74) is 0. The Morgan fingerprint density at radius 3 is 2.61 bits per heavy atom. The lowest BCUT2D eigenvalue weighted by Gasteiger charge is -2.24. The minimum absolute atomic E-state index is 0.118. The minimum atomic E-state index is 0.118. The van der Waals surface area contributed by atoms with Gasteiger partial charge in [0.15, 0.2) is 5.96 Å². The predicted octanol–water partition coefficient (Wildman–Crippen LogP) is -0.397. The molecule has 0 aromatic carbocycles. The van der Waals surface area contributed by atoms with Gasteiger partial charge in [-0.2, -0.15) is 0 Å². The number of ether oxygens (including phenoxy) is 3. The Hall–Kier alpha value is -0.850. The summed E-state index contributed by atoms with van der Waals surface area (Å²) in [6.45, 7) is 5.39. The Bertz CT molecular complexity index is 261. The van der Waals surface area contributed by atoms with Gasteiger partial charge in [-0.15, -0.1) is 0 Å². The zero-order valence-electron chi connectivity index (χ0n) is 11.0. The first kappa shape index (κ1) is 13.6. The molecular weight excluding hydrogens is 234 g/mol. The molecule has 2 heterocycles. The topological polar surface area (TPSA) is 64.1 Å². The van der Waals surface area contributed by atoms with Gasteiger partial charge in [0.25, 0.3) is 0 Å². The lowest BCUT2D eigenvalue weighted by molar-refractivity contribution is -0.0850. The van der Waals surface area contributed by atoms with Crippen LogP contribution in [0.5, 0.6) is 0 Å². The molecule has 2 atom stereocenters. The molecular formula is C12H23N3O3. The third kappa shape index (κ3) is 4.44. The van der Waals surface area contributed by atoms with E-state index in [2.05, 4.69) is 15.6 Å². The van der Waals surface area contributed by atoms with Crippen molar-refractivity contribution >= 4 is 5.96 Å². The molecule has 104 valence electrons. The van der Waals surface area contributed by atoms with E-state index in [0.717, 1.165) is 38.7 Å². The molecule has 2 aliphatic rings. The monoisotopic (exact) mass is 257 g/mol. The fourth-order valence-electron chi connectivity index (χ4n) is 2.07. The zero-order chi connectivity index (χ0) is 12.6. The number of rotatable bonds is 4. The third-order valence-corrected chi connectivity index (χ3v) is 3.19. The molecule has 0 aromatic heterocycles. The molecule has 0 saturated carbocycles. The highest BCUT2D eigenvalue weighted by Crippen LogP contribution is 2.10. The van der Waals surface area contributed by atoms with Crippen molar-refractivity contribution in [3.05, 3.63) is 0 Å². The Morgan fingerprint density at radius 2 is 1.94 bits per heavy atom. The Kier molecular flexibility index (Phi) is 5.70. The first-order chi connectivity index (χ1) is 8.88. The lowest BCUT2D eigenvalue weighted by atomic mass is 10.1. The quantitative estimate of drug-likeness (QED) is 0.530. The van der Waals surface area contributed by atoms with E-state index in [1.165, 1.54) is 0 Å². The van der Waals surface area contributed by atoms with Crippen LogP contribution in [0.1, 0.15) is 6.42 Å². The highest BCUT2D eigenvalue weighted by atomic mass is 16.6. The summed E-state index contributed by atoms with van der Waals surface area (Å²) in [6.07, 6.45) is 1.25. The van der Waals surface area contributed by atoms with Crippen molar-refractivity contribution in [3.63, 3.8) is 0 Å². The maximum atomic E-state index is 5.56. The number of guanidine groups is 1. The molecule has 0 aromatic rings.